The number of rotatable bonds is 9. The van der Waals surface area contributed by atoms with E-state index in [0.29, 0.717) is 36.5 Å². The van der Waals surface area contributed by atoms with Gasteiger partial charge in [-0.25, -0.2) is 8.42 Å². The molecule has 1 aromatic heterocycles. The normalized spacial score (nSPS) is 11.2. The van der Waals surface area contributed by atoms with Crippen LogP contribution in [0.1, 0.15) is 35.0 Å². The van der Waals surface area contributed by atoms with Gasteiger partial charge in [0.05, 0.1) is 18.6 Å². The molecule has 0 saturated heterocycles. The number of anilines is 1. The average molecular weight is 413 g/mol. The number of carbonyl (C=O) groups excluding carboxylic acids is 1. The number of furan rings is 1. The highest BCUT2D eigenvalue weighted by Crippen LogP contribution is 2.18. The van der Waals surface area contributed by atoms with Gasteiger partial charge < -0.3 is 9.32 Å². The third kappa shape index (κ3) is 5.96. The van der Waals surface area contributed by atoms with Crippen molar-refractivity contribution in [3.63, 3.8) is 0 Å². The minimum absolute atomic E-state index is 0.0315. The van der Waals surface area contributed by atoms with Crippen LogP contribution < -0.4 is 4.72 Å². The molecular weight excluding hydrogens is 388 g/mol. The number of hydrogen-bond donors (Lipinski definition) is 1. The Kier molecular flexibility index (Phi) is 6.72. The molecule has 152 valence electrons. The predicted molar refractivity (Wildman–Crippen MR) is 113 cm³/mol. The van der Waals surface area contributed by atoms with E-state index in [9.17, 15) is 13.2 Å². The zero-order valence-corrected chi connectivity index (χ0v) is 17.1. The number of carbonyl (C=O) groups is 1. The molecule has 3 aromatic rings. The van der Waals surface area contributed by atoms with E-state index in [-0.39, 0.29) is 11.7 Å². The molecule has 0 radical (unpaired) electrons. The van der Waals surface area contributed by atoms with Crippen LogP contribution in [0.3, 0.4) is 0 Å². The lowest BCUT2D eigenvalue weighted by atomic mass is 10.1. The fourth-order valence-corrected chi connectivity index (χ4v) is 4.12. The van der Waals surface area contributed by atoms with Crippen molar-refractivity contribution >= 4 is 21.6 Å². The Hall–Kier alpha value is -3.06. The van der Waals surface area contributed by atoms with E-state index in [1.807, 2.05) is 36.4 Å². The van der Waals surface area contributed by atoms with Gasteiger partial charge in [0.2, 0.25) is 10.0 Å². The second-order valence-corrected chi connectivity index (χ2v) is 8.57. The molecule has 1 N–H and O–H groups in total. The lowest BCUT2D eigenvalue weighted by Gasteiger charge is -2.22. The first-order valence-electron chi connectivity index (χ1n) is 9.43. The van der Waals surface area contributed by atoms with Crippen molar-refractivity contribution in [1.82, 2.24) is 4.90 Å². The first-order chi connectivity index (χ1) is 14.0. The number of sulfonamides is 1. The lowest BCUT2D eigenvalue weighted by Crippen LogP contribution is -2.30. The predicted octanol–water partition coefficient (Wildman–Crippen LogP) is 4.27. The molecule has 0 saturated carbocycles. The van der Waals surface area contributed by atoms with E-state index in [1.54, 1.807) is 48.4 Å². The van der Waals surface area contributed by atoms with E-state index in [1.165, 1.54) is 0 Å². The topological polar surface area (TPSA) is 79.6 Å². The maximum absolute atomic E-state index is 13.2. The Morgan fingerprint density at radius 1 is 1.00 bits per heavy atom. The molecule has 0 spiro atoms. The van der Waals surface area contributed by atoms with Gasteiger partial charge in [-0.15, -0.1) is 0 Å². The number of benzene rings is 2. The summed E-state index contributed by atoms with van der Waals surface area (Å²) < 4.78 is 32.0. The number of amides is 1. The first-order valence-corrected chi connectivity index (χ1v) is 11.1. The van der Waals surface area contributed by atoms with Crippen molar-refractivity contribution in [2.24, 2.45) is 0 Å². The fourth-order valence-electron chi connectivity index (χ4n) is 2.99. The third-order valence-electron chi connectivity index (χ3n) is 4.29. The molecule has 0 bridgehead atoms. The van der Waals surface area contributed by atoms with Crippen LogP contribution in [0, 0.1) is 0 Å². The van der Waals surface area contributed by atoms with Gasteiger partial charge in [0.15, 0.2) is 0 Å². The van der Waals surface area contributed by atoms with Crippen molar-refractivity contribution in [3.8, 4) is 0 Å². The molecule has 0 atom stereocenters. The Labute approximate surface area is 171 Å². The van der Waals surface area contributed by atoms with Gasteiger partial charge in [0, 0.05) is 17.8 Å². The van der Waals surface area contributed by atoms with E-state index >= 15 is 0 Å². The molecule has 6 nitrogen and oxygen atoms in total. The highest BCUT2D eigenvalue weighted by Gasteiger charge is 2.19. The van der Waals surface area contributed by atoms with E-state index in [2.05, 4.69) is 4.72 Å². The van der Waals surface area contributed by atoms with E-state index < -0.39 is 10.0 Å². The van der Waals surface area contributed by atoms with Crippen LogP contribution in [0.25, 0.3) is 0 Å². The Bertz CT molecular complexity index is 1030. The van der Waals surface area contributed by atoms with E-state index in [0.717, 1.165) is 5.56 Å². The van der Waals surface area contributed by atoms with Gasteiger partial charge >= 0.3 is 0 Å². The van der Waals surface area contributed by atoms with Crippen molar-refractivity contribution in [2.45, 2.75) is 26.4 Å². The zero-order chi connectivity index (χ0) is 20.7. The molecule has 0 aliphatic carbocycles. The van der Waals surface area contributed by atoms with Gasteiger partial charge in [0.1, 0.15) is 5.76 Å². The summed E-state index contributed by atoms with van der Waals surface area (Å²) in [4.78, 5) is 14.9. The number of hydrogen-bond acceptors (Lipinski definition) is 4. The molecule has 3 rings (SSSR count). The summed E-state index contributed by atoms with van der Waals surface area (Å²) in [6.45, 7) is 2.52. The molecule has 2 aromatic carbocycles. The van der Waals surface area contributed by atoms with Crippen LogP contribution in [-0.2, 0) is 23.1 Å². The number of nitrogens with zero attached hydrogens (tertiary/aromatic N) is 1. The molecule has 0 aliphatic rings. The Morgan fingerprint density at radius 3 is 2.48 bits per heavy atom. The smallest absolute Gasteiger partial charge is 0.254 e. The second kappa shape index (κ2) is 9.43. The van der Waals surface area contributed by atoms with Gasteiger partial charge in [-0.3, -0.25) is 9.52 Å². The van der Waals surface area contributed by atoms with Crippen LogP contribution >= 0.6 is 0 Å². The molecular formula is C22H24N2O4S. The van der Waals surface area contributed by atoms with Crippen LogP contribution in [0.15, 0.2) is 77.4 Å². The SMILES string of the molecule is CCCS(=O)(=O)Nc1cccc(C(=O)N(Cc2ccccc2)Cc2ccco2)c1. The van der Waals surface area contributed by atoms with Crippen LogP contribution in [0.4, 0.5) is 5.69 Å². The summed E-state index contributed by atoms with van der Waals surface area (Å²) in [6, 6.07) is 19.8. The van der Waals surface area contributed by atoms with E-state index in [4.69, 9.17) is 4.42 Å². The minimum Gasteiger partial charge on any atom is -0.467 e. The monoisotopic (exact) mass is 412 g/mol. The highest BCUT2D eigenvalue weighted by molar-refractivity contribution is 7.92. The molecule has 0 fully saturated rings. The summed E-state index contributed by atoms with van der Waals surface area (Å²) in [5.41, 5.74) is 1.78. The zero-order valence-electron chi connectivity index (χ0n) is 16.2. The molecule has 1 amide bonds. The Balaban J connectivity index is 1.84. The standard InChI is InChI=1S/C22H24N2O4S/c1-2-14-29(26,27)23-20-11-6-10-19(15-20)22(25)24(17-21-12-7-13-28-21)16-18-8-4-3-5-9-18/h3-13,15,23H,2,14,16-17H2,1H3. The molecule has 0 aliphatic heterocycles. The summed E-state index contributed by atoms with van der Waals surface area (Å²) in [7, 11) is -3.43. The minimum atomic E-state index is -3.43. The highest BCUT2D eigenvalue weighted by atomic mass is 32.2. The summed E-state index contributed by atoms with van der Waals surface area (Å²) >= 11 is 0. The average Bonchev–Trinajstić information content (AvgIpc) is 3.20. The lowest BCUT2D eigenvalue weighted by molar-refractivity contribution is 0.0717. The molecule has 1 heterocycles. The quantitative estimate of drug-likeness (QED) is 0.569. The maximum Gasteiger partial charge on any atom is 0.254 e. The fraction of sp³-hybridized carbons (Fsp3) is 0.227. The van der Waals surface area contributed by atoms with Crippen molar-refractivity contribution in [3.05, 3.63) is 89.9 Å². The van der Waals surface area contributed by atoms with Crippen molar-refractivity contribution in [2.75, 3.05) is 10.5 Å². The van der Waals surface area contributed by atoms with Crippen LogP contribution in [0.2, 0.25) is 0 Å². The van der Waals surface area contributed by atoms with Crippen molar-refractivity contribution < 1.29 is 17.6 Å². The van der Waals surface area contributed by atoms with Crippen LogP contribution in [0.5, 0.6) is 0 Å². The van der Waals surface area contributed by atoms with Gasteiger partial charge in [-0.1, -0.05) is 43.3 Å². The summed E-state index contributed by atoms with van der Waals surface area (Å²) in [5, 5.41) is 0. The second-order valence-electron chi connectivity index (χ2n) is 6.73. The van der Waals surface area contributed by atoms with Gasteiger partial charge in [-0.05, 0) is 42.3 Å². The van der Waals surface area contributed by atoms with Crippen molar-refractivity contribution in [1.29, 1.82) is 0 Å². The van der Waals surface area contributed by atoms with Gasteiger partial charge in [-0.2, -0.15) is 0 Å². The maximum atomic E-state index is 13.2. The number of nitrogens with one attached hydrogen (secondary N) is 1. The molecule has 0 unspecified atom stereocenters. The largest absolute Gasteiger partial charge is 0.467 e. The first kappa shape index (κ1) is 20.7. The summed E-state index contributed by atoms with van der Waals surface area (Å²) in [6.07, 6.45) is 2.09. The third-order valence-corrected chi connectivity index (χ3v) is 5.78. The van der Waals surface area contributed by atoms with Gasteiger partial charge in [0.25, 0.3) is 5.91 Å². The molecule has 7 heteroatoms. The summed E-state index contributed by atoms with van der Waals surface area (Å²) in [5.74, 6) is 0.500. The Morgan fingerprint density at radius 2 is 1.79 bits per heavy atom. The molecule has 29 heavy (non-hydrogen) atoms. The van der Waals surface area contributed by atoms with Crippen LogP contribution in [-0.4, -0.2) is 25.0 Å².